The molecule has 0 aliphatic rings. The van der Waals surface area contributed by atoms with Crippen LogP contribution >= 0.6 is 0 Å². The van der Waals surface area contributed by atoms with Crippen LogP contribution in [0.4, 0.5) is 11.6 Å². The van der Waals surface area contributed by atoms with Crippen LogP contribution in [0.5, 0.6) is 0 Å². The fourth-order valence-electron chi connectivity index (χ4n) is 2.09. The van der Waals surface area contributed by atoms with Crippen LogP contribution in [0.2, 0.25) is 0 Å². The summed E-state index contributed by atoms with van der Waals surface area (Å²) in [7, 11) is 0. The van der Waals surface area contributed by atoms with E-state index in [-0.39, 0.29) is 5.56 Å². The van der Waals surface area contributed by atoms with Crippen molar-refractivity contribution in [3.8, 4) is 0 Å². The molecule has 100 valence electrons. The Kier molecular flexibility index (Phi) is 3.16. The Balaban J connectivity index is 2.08. The number of benzene rings is 1. The summed E-state index contributed by atoms with van der Waals surface area (Å²) in [4.78, 5) is 20.5. The molecule has 0 unspecified atom stereocenters. The molecular formula is C15H14N4O. The Morgan fingerprint density at radius 2 is 1.95 bits per heavy atom. The topological polar surface area (TPSA) is 59.8 Å². The summed E-state index contributed by atoms with van der Waals surface area (Å²) >= 11 is 0. The number of anilines is 2. The number of nitrogens with one attached hydrogen (secondary N) is 1. The van der Waals surface area contributed by atoms with Crippen molar-refractivity contribution < 1.29 is 0 Å². The first-order valence-corrected chi connectivity index (χ1v) is 6.46. The van der Waals surface area contributed by atoms with Gasteiger partial charge in [0.15, 0.2) is 0 Å². The molecule has 2 aromatic heterocycles. The number of pyridine rings is 1. The molecule has 20 heavy (non-hydrogen) atoms. The summed E-state index contributed by atoms with van der Waals surface area (Å²) < 4.78 is 1.63. The van der Waals surface area contributed by atoms with E-state index in [4.69, 9.17) is 0 Å². The van der Waals surface area contributed by atoms with Gasteiger partial charge in [0.1, 0.15) is 5.65 Å². The molecule has 0 bridgehead atoms. The van der Waals surface area contributed by atoms with E-state index >= 15 is 0 Å². The monoisotopic (exact) mass is 266 g/mol. The first-order valence-electron chi connectivity index (χ1n) is 6.46. The summed E-state index contributed by atoms with van der Waals surface area (Å²) in [6.45, 7) is 2.51. The maximum atomic E-state index is 11.8. The zero-order valence-corrected chi connectivity index (χ0v) is 11.1. The molecule has 2 heterocycles. The number of hydrogen-bond acceptors (Lipinski definition) is 4. The molecule has 0 radical (unpaired) electrons. The third-order valence-electron chi connectivity index (χ3n) is 3.07. The van der Waals surface area contributed by atoms with Crippen molar-refractivity contribution in [1.29, 1.82) is 0 Å². The average molecular weight is 266 g/mol. The molecule has 0 aliphatic carbocycles. The van der Waals surface area contributed by atoms with Crippen LogP contribution in [0.25, 0.3) is 11.0 Å². The van der Waals surface area contributed by atoms with Gasteiger partial charge in [0.05, 0.1) is 0 Å². The molecule has 0 fully saturated rings. The lowest BCUT2D eigenvalue weighted by molar-refractivity contribution is 0.749. The number of rotatable bonds is 3. The summed E-state index contributed by atoms with van der Waals surface area (Å²) in [6, 6.07) is 13.0. The average Bonchev–Trinajstić information content (AvgIpc) is 2.48. The largest absolute Gasteiger partial charge is 0.324 e. The Hall–Kier alpha value is -2.69. The van der Waals surface area contributed by atoms with Gasteiger partial charge in [-0.25, -0.2) is 4.98 Å². The van der Waals surface area contributed by atoms with E-state index in [0.29, 0.717) is 18.1 Å². The molecule has 0 aliphatic heterocycles. The van der Waals surface area contributed by atoms with Crippen molar-refractivity contribution in [3.05, 3.63) is 59.0 Å². The zero-order chi connectivity index (χ0) is 13.9. The highest BCUT2D eigenvalue weighted by atomic mass is 16.1. The lowest BCUT2D eigenvalue weighted by atomic mass is 10.3. The molecule has 0 atom stereocenters. The summed E-state index contributed by atoms with van der Waals surface area (Å²) in [6.07, 6.45) is 1.72. The van der Waals surface area contributed by atoms with Crippen molar-refractivity contribution in [2.45, 2.75) is 13.5 Å². The third-order valence-corrected chi connectivity index (χ3v) is 3.07. The second kappa shape index (κ2) is 5.13. The fraction of sp³-hybridized carbons (Fsp3) is 0.133. The molecule has 0 saturated heterocycles. The minimum Gasteiger partial charge on any atom is -0.324 e. The number of aryl methyl sites for hydroxylation is 1. The maximum absolute atomic E-state index is 11.8. The second-order valence-electron chi connectivity index (χ2n) is 4.38. The number of hydrogen-bond donors (Lipinski definition) is 1. The van der Waals surface area contributed by atoms with Crippen LogP contribution in [-0.2, 0) is 6.54 Å². The highest BCUT2D eigenvalue weighted by Crippen LogP contribution is 2.15. The zero-order valence-electron chi connectivity index (χ0n) is 11.1. The highest BCUT2D eigenvalue weighted by Gasteiger charge is 2.05. The molecule has 0 saturated carbocycles. The van der Waals surface area contributed by atoms with Crippen molar-refractivity contribution in [2.75, 3.05) is 5.32 Å². The molecule has 1 aromatic carbocycles. The SMILES string of the molecule is CCn1c(=O)ccc2cnc(Nc3ccccc3)nc21. The van der Waals surface area contributed by atoms with Gasteiger partial charge in [0, 0.05) is 29.9 Å². The first kappa shape index (κ1) is 12.3. The van der Waals surface area contributed by atoms with Crippen LogP contribution in [0.3, 0.4) is 0 Å². The summed E-state index contributed by atoms with van der Waals surface area (Å²) in [5.74, 6) is 0.483. The van der Waals surface area contributed by atoms with Crippen LogP contribution in [0.15, 0.2) is 53.5 Å². The number of para-hydroxylation sites is 1. The van der Waals surface area contributed by atoms with Gasteiger partial charge in [-0.2, -0.15) is 4.98 Å². The second-order valence-corrected chi connectivity index (χ2v) is 4.38. The lowest BCUT2D eigenvalue weighted by Gasteiger charge is -2.09. The molecular weight excluding hydrogens is 252 g/mol. The molecule has 0 amide bonds. The smallest absolute Gasteiger partial charge is 0.252 e. The van der Waals surface area contributed by atoms with E-state index in [1.807, 2.05) is 37.3 Å². The highest BCUT2D eigenvalue weighted by molar-refractivity contribution is 5.75. The van der Waals surface area contributed by atoms with E-state index in [1.54, 1.807) is 22.9 Å². The van der Waals surface area contributed by atoms with Crippen LogP contribution in [-0.4, -0.2) is 14.5 Å². The Labute approximate surface area is 115 Å². The van der Waals surface area contributed by atoms with E-state index in [2.05, 4.69) is 15.3 Å². The standard InChI is InChI=1S/C15H14N4O/c1-2-19-13(20)9-8-11-10-16-15(18-14(11)19)17-12-6-4-3-5-7-12/h3-10H,2H2,1H3,(H,16,17,18). The quantitative estimate of drug-likeness (QED) is 0.791. The van der Waals surface area contributed by atoms with E-state index in [1.165, 1.54) is 0 Å². The first-order chi connectivity index (χ1) is 9.78. The fourth-order valence-corrected chi connectivity index (χ4v) is 2.09. The van der Waals surface area contributed by atoms with Crippen molar-refractivity contribution in [2.24, 2.45) is 0 Å². The summed E-state index contributed by atoms with van der Waals surface area (Å²) in [5.41, 5.74) is 1.51. The molecule has 3 rings (SSSR count). The van der Waals surface area contributed by atoms with E-state index < -0.39 is 0 Å². The van der Waals surface area contributed by atoms with Crippen LogP contribution in [0, 0.1) is 0 Å². The van der Waals surface area contributed by atoms with Gasteiger partial charge in [-0.05, 0) is 25.1 Å². The van der Waals surface area contributed by atoms with Crippen LogP contribution < -0.4 is 10.9 Å². The van der Waals surface area contributed by atoms with Gasteiger partial charge in [-0.15, -0.1) is 0 Å². The molecule has 0 spiro atoms. The van der Waals surface area contributed by atoms with Gasteiger partial charge in [0.2, 0.25) is 5.95 Å². The normalized spacial score (nSPS) is 10.7. The molecule has 5 heteroatoms. The lowest BCUT2D eigenvalue weighted by Crippen LogP contribution is -2.19. The van der Waals surface area contributed by atoms with Crippen molar-refractivity contribution in [1.82, 2.24) is 14.5 Å². The summed E-state index contributed by atoms with van der Waals surface area (Å²) in [5, 5.41) is 3.98. The van der Waals surface area contributed by atoms with E-state index in [0.717, 1.165) is 11.1 Å². The Bertz CT molecular complexity index is 796. The predicted molar refractivity (Wildman–Crippen MR) is 79.2 cm³/mol. The minimum atomic E-state index is -0.0515. The Morgan fingerprint density at radius 1 is 1.15 bits per heavy atom. The maximum Gasteiger partial charge on any atom is 0.252 e. The number of nitrogens with zero attached hydrogens (tertiary/aromatic N) is 3. The predicted octanol–water partition coefficient (Wildman–Crippen LogP) is 2.56. The minimum absolute atomic E-state index is 0.0515. The third kappa shape index (κ3) is 2.25. The van der Waals surface area contributed by atoms with Crippen molar-refractivity contribution in [3.63, 3.8) is 0 Å². The van der Waals surface area contributed by atoms with Crippen molar-refractivity contribution >= 4 is 22.7 Å². The number of fused-ring (bicyclic) bond motifs is 1. The van der Waals surface area contributed by atoms with Gasteiger partial charge < -0.3 is 5.32 Å². The van der Waals surface area contributed by atoms with Crippen LogP contribution in [0.1, 0.15) is 6.92 Å². The molecule has 5 nitrogen and oxygen atoms in total. The molecule has 1 N–H and O–H groups in total. The van der Waals surface area contributed by atoms with Gasteiger partial charge in [-0.3, -0.25) is 9.36 Å². The van der Waals surface area contributed by atoms with Gasteiger partial charge >= 0.3 is 0 Å². The van der Waals surface area contributed by atoms with Gasteiger partial charge in [0.25, 0.3) is 5.56 Å². The molecule has 3 aromatic rings. The number of aromatic nitrogens is 3. The van der Waals surface area contributed by atoms with Gasteiger partial charge in [-0.1, -0.05) is 18.2 Å². The Morgan fingerprint density at radius 3 is 2.70 bits per heavy atom. The van der Waals surface area contributed by atoms with E-state index in [9.17, 15) is 4.79 Å².